The number of anilines is 1. The van der Waals surface area contributed by atoms with Crippen molar-refractivity contribution in [2.45, 2.75) is 26.3 Å². The first kappa shape index (κ1) is 13.8. The Morgan fingerprint density at radius 3 is 2.95 bits per heavy atom. The van der Waals surface area contributed by atoms with E-state index in [9.17, 15) is 4.79 Å². The van der Waals surface area contributed by atoms with Crippen LogP contribution in [-0.4, -0.2) is 34.1 Å². The van der Waals surface area contributed by atoms with Crippen molar-refractivity contribution in [3.8, 4) is 0 Å². The van der Waals surface area contributed by atoms with Crippen molar-refractivity contribution in [2.75, 3.05) is 18.5 Å². The summed E-state index contributed by atoms with van der Waals surface area (Å²) in [6.45, 7) is 4.20. The molecular formula is C14H18N4O3. The lowest BCUT2D eigenvalue weighted by Crippen LogP contribution is -2.20. The molecular weight excluding hydrogens is 272 g/mol. The summed E-state index contributed by atoms with van der Waals surface area (Å²) in [6, 6.07) is 0. The highest BCUT2D eigenvalue weighted by molar-refractivity contribution is 6.04. The van der Waals surface area contributed by atoms with E-state index < -0.39 is 0 Å². The Labute approximate surface area is 122 Å². The second-order valence-corrected chi connectivity index (χ2v) is 5.26. The summed E-state index contributed by atoms with van der Waals surface area (Å²) in [7, 11) is 0. The van der Waals surface area contributed by atoms with Gasteiger partial charge in [0, 0.05) is 26.0 Å². The van der Waals surface area contributed by atoms with Crippen LogP contribution in [0.2, 0.25) is 0 Å². The van der Waals surface area contributed by atoms with E-state index in [-0.39, 0.29) is 5.91 Å². The molecule has 0 bridgehead atoms. The van der Waals surface area contributed by atoms with Gasteiger partial charge in [-0.2, -0.15) is 5.10 Å². The van der Waals surface area contributed by atoms with Crippen LogP contribution in [0, 0.1) is 12.8 Å². The van der Waals surface area contributed by atoms with E-state index >= 15 is 0 Å². The number of nitrogens with one attached hydrogen (secondary N) is 1. The van der Waals surface area contributed by atoms with Crippen LogP contribution in [0.15, 0.2) is 23.1 Å². The highest BCUT2D eigenvalue weighted by Crippen LogP contribution is 2.18. The number of carbonyl (C=O) groups excluding carboxylic acids is 1. The SMILES string of the molecule is Cc1oncc1C(=O)Nc1cnn(CC2CCOCC2)c1. The Hall–Kier alpha value is -2.15. The van der Waals surface area contributed by atoms with Gasteiger partial charge in [-0.1, -0.05) is 5.16 Å². The van der Waals surface area contributed by atoms with Crippen molar-refractivity contribution in [3.63, 3.8) is 0 Å². The van der Waals surface area contributed by atoms with Crippen molar-refractivity contribution in [2.24, 2.45) is 5.92 Å². The number of amides is 1. The van der Waals surface area contributed by atoms with E-state index in [2.05, 4.69) is 15.6 Å². The lowest BCUT2D eigenvalue weighted by Gasteiger charge is -2.21. The Kier molecular flexibility index (Phi) is 4.01. The summed E-state index contributed by atoms with van der Waals surface area (Å²) in [5, 5.41) is 10.7. The molecule has 0 aliphatic carbocycles. The molecule has 1 amide bonds. The standard InChI is InChI=1S/C14H18N4O3/c1-10-13(7-16-21-10)14(19)17-12-6-15-18(9-12)8-11-2-4-20-5-3-11/h6-7,9,11H,2-5,8H2,1H3,(H,17,19). The average molecular weight is 290 g/mol. The predicted molar refractivity (Wildman–Crippen MR) is 75.0 cm³/mol. The van der Waals surface area contributed by atoms with Gasteiger partial charge in [-0.15, -0.1) is 0 Å². The van der Waals surface area contributed by atoms with Crippen LogP contribution in [-0.2, 0) is 11.3 Å². The highest BCUT2D eigenvalue weighted by Gasteiger charge is 2.16. The predicted octanol–water partition coefficient (Wildman–Crippen LogP) is 1.86. The molecule has 1 aliphatic heterocycles. The molecule has 0 aromatic carbocycles. The Balaban J connectivity index is 1.60. The van der Waals surface area contributed by atoms with Crippen molar-refractivity contribution < 1.29 is 14.1 Å². The minimum absolute atomic E-state index is 0.237. The first-order chi connectivity index (χ1) is 10.2. The Bertz CT molecular complexity index is 613. The molecule has 7 nitrogen and oxygen atoms in total. The number of ether oxygens (including phenoxy) is 1. The maximum Gasteiger partial charge on any atom is 0.260 e. The topological polar surface area (TPSA) is 82.2 Å². The molecule has 2 aromatic heterocycles. The van der Waals surface area contributed by atoms with Crippen molar-refractivity contribution in [3.05, 3.63) is 29.9 Å². The molecule has 2 aromatic rings. The van der Waals surface area contributed by atoms with Gasteiger partial charge >= 0.3 is 0 Å². The smallest absolute Gasteiger partial charge is 0.260 e. The summed E-state index contributed by atoms with van der Waals surface area (Å²) in [5.41, 5.74) is 1.11. The van der Waals surface area contributed by atoms with Crippen LogP contribution in [0.25, 0.3) is 0 Å². The van der Waals surface area contributed by atoms with Gasteiger partial charge < -0.3 is 14.6 Å². The number of aromatic nitrogens is 3. The zero-order valence-electron chi connectivity index (χ0n) is 11.9. The number of hydrogen-bond acceptors (Lipinski definition) is 5. The summed E-state index contributed by atoms with van der Waals surface area (Å²) >= 11 is 0. The molecule has 3 heterocycles. The van der Waals surface area contributed by atoms with Gasteiger partial charge in [0.15, 0.2) is 0 Å². The zero-order chi connectivity index (χ0) is 14.7. The Morgan fingerprint density at radius 1 is 1.43 bits per heavy atom. The average Bonchev–Trinajstić information content (AvgIpc) is 3.09. The van der Waals surface area contributed by atoms with Gasteiger partial charge in [-0.25, -0.2) is 0 Å². The minimum Gasteiger partial charge on any atom is -0.381 e. The molecule has 7 heteroatoms. The van der Waals surface area contributed by atoms with E-state index in [4.69, 9.17) is 9.26 Å². The summed E-state index contributed by atoms with van der Waals surface area (Å²) in [5.74, 6) is 0.851. The largest absolute Gasteiger partial charge is 0.381 e. The second-order valence-electron chi connectivity index (χ2n) is 5.26. The number of aryl methyl sites for hydroxylation is 1. The maximum atomic E-state index is 12.0. The zero-order valence-corrected chi connectivity index (χ0v) is 11.9. The number of nitrogens with zero attached hydrogens (tertiary/aromatic N) is 3. The molecule has 1 N–H and O–H groups in total. The van der Waals surface area contributed by atoms with Gasteiger partial charge in [0.25, 0.3) is 5.91 Å². The molecule has 0 unspecified atom stereocenters. The van der Waals surface area contributed by atoms with E-state index in [0.29, 0.717) is 22.9 Å². The van der Waals surface area contributed by atoms with Crippen molar-refractivity contribution in [1.29, 1.82) is 0 Å². The molecule has 0 spiro atoms. The fraction of sp³-hybridized carbons (Fsp3) is 0.500. The Morgan fingerprint density at radius 2 is 2.24 bits per heavy atom. The quantitative estimate of drug-likeness (QED) is 0.929. The monoisotopic (exact) mass is 290 g/mol. The molecule has 0 radical (unpaired) electrons. The third-order valence-electron chi connectivity index (χ3n) is 3.67. The van der Waals surface area contributed by atoms with Gasteiger partial charge in [-0.05, 0) is 25.7 Å². The molecule has 1 fully saturated rings. The summed E-state index contributed by atoms with van der Waals surface area (Å²) < 4.78 is 12.1. The van der Waals surface area contributed by atoms with E-state index in [1.807, 2.05) is 10.9 Å². The van der Waals surface area contributed by atoms with Gasteiger partial charge in [0.2, 0.25) is 0 Å². The molecule has 3 rings (SSSR count). The summed E-state index contributed by atoms with van der Waals surface area (Å²) in [4.78, 5) is 12.0. The van der Waals surface area contributed by atoms with Crippen LogP contribution in [0.5, 0.6) is 0 Å². The van der Waals surface area contributed by atoms with Crippen LogP contribution in [0.3, 0.4) is 0 Å². The first-order valence-electron chi connectivity index (χ1n) is 7.05. The summed E-state index contributed by atoms with van der Waals surface area (Å²) in [6.07, 6.45) is 7.02. The van der Waals surface area contributed by atoms with Crippen molar-refractivity contribution >= 4 is 11.6 Å². The third kappa shape index (κ3) is 3.30. The fourth-order valence-electron chi connectivity index (χ4n) is 2.44. The second kappa shape index (κ2) is 6.09. The lowest BCUT2D eigenvalue weighted by atomic mass is 10.0. The third-order valence-corrected chi connectivity index (χ3v) is 3.67. The fourth-order valence-corrected chi connectivity index (χ4v) is 2.44. The van der Waals surface area contributed by atoms with Crippen LogP contribution in [0.4, 0.5) is 5.69 Å². The number of carbonyl (C=O) groups is 1. The van der Waals surface area contributed by atoms with E-state index in [0.717, 1.165) is 32.6 Å². The van der Waals surface area contributed by atoms with Gasteiger partial charge in [0.1, 0.15) is 11.3 Å². The molecule has 112 valence electrons. The van der Waals surface area contributed by atoms with E-state index in [1.54, 1.807) is 13.1 Å². The normalized spacial score (nSPS) is 16.0. The maximum absolute atomic E-state index is 12.0. The van der Waals surface area contributed by atoms with Crippen LogP contribution >= 0.6 is 0 Å². The van der Waals surface area contributed by atoms with Gasteiger partial charge in [0.05, 0.1) is 18.1 Å². The van der Waals surface area contributed by atoms with E-state index in [1.165, 1.54) is 6.20 Å². The van der Waals surface area contributed by atoms with Crippen LogP contribution in [0.1, 0.15) is 29.0 Å². The molecule has 21 heavy (non-hydrogen) atoms. The molecule has 0 atom stereocenters. The molecule has 0 saturated carbocycles. The molecule has 1 aliphatic rings. The minimum atomic E-state index is -0.237. The van der Waals surface area contributed by atoms with Gasteiger partial charge in [-0.3, -0.25) is 9.48 Å². The van der Waals surface area contributed by atoms with Crippen molar-refractivity contribution in [1.82, 2.24) is 14.9 Å². The number of hydrogen-bond donors (Lipinski definition) is 1. The lowest BCUT2D eigenvalue weighted by molar-refractivity contribution is 0.0601. The number of rotatable bonds is 4. The first-order valence-corrected chi connectivity index (χ1v) is 7.05. The molecule has 1 saturated heterocycles. The van der Waals surface area contributed by atoms with Crippen LogP contribution < -0.4 is 5.32 Å². The highest BCUT2D eigenvalue weighted by atomic mass is 16.5.